The van der Waals surface area contributed by atoms with Gasteiger partial charge in [-0.3, -0.25) is 15.6 Å². The molecule has 0 spiro atoms. The van der Waals surface area contributed by atoms with E-state index in [1.54, 1.807) is 24.4 Å². The Hall–Kier alpha value is -3.62. The van der Waals surface area contributed by atoms with E-state index >= 15 is 0 Å². The molecule has 0 fully saturated rings. The Labute approximate surface area is 130 Å². The van der Waals surface area contributed by atoms with Crippen LogP contribution in [-0.2, 0) is 0 Å². The van der Waals surface area contributed by atoms with E-state index in [-0.39, 0.29) is 17.3 Å². The first-order valence-corrected chi connectivity index (χ1v) is 6.62. The Kier molecular flexibility index (Phi) is 4.01. The Morgan fingerprint density at radius 3 is 2.70 bits per heavy atom. The summed E-state index contributed by atoms with van der Waals surface area (Å²) in [6.45, 7) is 0. The highest BCUT2D eigenvalue weighted by atomic mass is 16.3. The fourth-order valence-electron chi connectivity index (χ4n) is 1.74. The van der Waals surface area contributed by atoms with Crippen LogP contribution in [0.4, 0.5) is 23.1 Å². The number of nitrogens with one attached hydrogen (secondary N) is 3. The number of anilines is 4. The number of nitrogens with two attached hydrogens (primary N) is 1. The summed E-state index contributed by atoms with van der Waals surface area (Å²) < 4.78 is 4.98. The highest BCUT2D eigenvalue weighted by Crippen LogP contribution is 2.24. The summed E-state index contributed by atoms with van der Waals surface area (Å²) in [6.07, 6.45) is 4.36. The van der Waals surface area contributed by atoms with Crippen molar-refractivity contribution in [2.24, 2.45) is 0 Å². The van der Waals surface area contributed by atoms with Gasteiger partial charge in [0.15, 0.2) is 17.4 Å². The molecular weight excluding hydrogens is 298 g/mol. The number of carbonyl (C=O) groups excluding carboxylic acids is 1. The highest BCUT2D eigenvalue weighted by Gasteiger charge is 2.11. The van der Waals surface area contributed by atoms with E-state index in [1.807, 2.05) is 6.07 Å². The summed E-state index contributed by atoms with van der Waals surface area (Å²) in [6, 6.07) is 8.55. The maximum absolute atomic E-state index is 11.8. The molecule has 3 aromatic heterocycles. The summed E-state index contributed by atoms with van der Waals surface area (Å²) in [4.78, 5) is 23.9. The van der Waals surface area contributed by atoms with Crippen molar-refractivity contribution < 1.29 is 9.21 Å². The Morgan fingerprint density at radius 2 is 1.96 bits per heavy atom. The molecule has 23 heavy (non-hydrogen) atoms. The number of nitrogens with zero attached hydrogens (tertiary/aromatic N) is 3. The highest BCUT2D eigenvalue weighted by molar-refractivity contribution is 5.92. The van der Waals surface area contributed by atoms with E-state index < -0.39 is 5.91 Å². The van der Waals surface area contributed by atoms with Gasteiger partial charge in [-0.15, -0.1) is 0 Å². The summed E-state index contributed by atoms with van der Waals surface area (Å²) in [5.74, 6) is 0.916. The van der Waals surface area contributed by atoms with Crippen LogP contribution in [0.15, 0.2) is 53.5 Å². The predicted octanol–water partition coefficient (Wildman–Crippen LogP) is 1.55. The van der Waals surface area contributed by atoms with Gasteiger partial charge in [0.2, 0.25) is 0 Å². The van der Waals surface area contributed by atoms with Gasteiger partial charge in [-0.05, 0) is 24.3 Å². The molecule has 116 valence electrons. The second kappa shape index (κ2) is 6.43. The minimum atomic E-state index is -0.452. The van der Waals surface area contributed by atoms with Crippen molar-refractivity contribution in [3.63, 3.8) is 0 Å². The summed E-state index contributed by atoms with van der Waals surface area (Å²) in [7, 11) is 0. The number of furan rings is 1. The second-order valence-electron chi connectivity index (χ2n) is 4.38. The molecule has 5 N–H and O–H groups in total. The second-order valence-corrected chi connectivity index (χ2v) is 4.38. The summed E-state index contributed by atoms with van der Waals surface area (Å²) in [5, 5.41) is 2.97. The number of hydrogen-bond donors (Lipinski definition) is 4. The van der Waals surface area contributed by atoms with Crippen molar-refractivity contribution in [1.29, 1.82) is 0 Å². The zero-order valence-corrected chi connectivity index (χ0v) is 11.9. The first kappa shape index (κ1) is 14.3. The number of pyridine rings is 1. The molecule has 0 aliphatic carbocycles. The van der Waals surface area contributed by atoms with Gasteiger partial charge in [-0.25, -0.2) is 15.0 Å². The molecule has 3 heterocycles. The van der Waals surface area contributed by atoms with E-state index in [9.17, 15) is 4.79 Å². The predicted molar refractivity (Wildman–Crippen MR) is 83.8 cm³/mol. The van der Waals surface area contributed by atoms with Gasteiger partial charge in [0, 0.05) is 6.20 Å². The van der Waals surface area contributed by atoms with E-state index in [4.69, 9.17) is 10.2 Å². The van der Waals surface area contributed by atoms with Gasteiger partial charge in [-0.2, -0.15) is 0 Å². The molecule has 0 aliphatic heterocycles. The lowest BCUT2D eigenvalue weighted by Crippen LogP contribution is -2.30. The molecular formula is C14H13N7O2. The zero-order chi connectivity index (χ0) is 16.1. The monoisotopic (exact) mass is 311 g/mol. The van der Waals surface area contributed by atoms with Crippen LogP contribution in [0, 0.1) is 0 Å². The van der Waals surface area contributed by atoms with E-state index in [0.29, 0.717) is 11.6 Å². The first-order chi connectivity index (χ1) is 11.2. The number of nitrogen functional groups attached to an aromatic ring is 1. The van der Waals surface area contributed by atoms with Gasteiger partial charge >= 0.3 is 5.91 Å². The molecule has 0 aliphatic rings. The van der Waals surface area contributed by atoms with Crippen LogP contribution in [-0.4, -0.2) is 20.9 Å². The molecule has 0 aromatic carbocycles. The molecule has 3 aromatic rings. The molecule has 3 rings (SSSR count). The van der Waals surface area contributed by atoms with Crippen LogP contribution in [0.3, 0.4) is 0 Å². The van der Waals surface area contributed by atoms with Crippen molar-refractivity contribution in [3.8, 4) is 0 Å². The first-order valence-electron chi connectivity index (χ1n) is 6.62. The third-order valence-electron chi connectivity index (χ3n) is 2.83. The minimum absolute atomic E-state index is 0.164. The van der Waals surface area contributed by atoms with Crippen molar-refractivity contribution in [1.82, 2.24) is 20.4 Å². The third-order valence-corrected chi connectivity index (χ3v) is 2.83. The normalized spacial score (nSPS) is 10.1. The Morgan fingerprint density at radius 1 is 1.09 bits per heavy atom. The molecule has 0 radical (unpaired) electrons. The topological polar surface area (TPSA) is 131 Å². The van der Waals surface area contributed by atoms with Crippen molar-refractivity contribution in [3.05, 3.63) is 54.9 Å². The summed E-state index contributed by atoms with van der Waals surface area (Å²) >= 11 is 0. The summed E-state index contributed by atoms with van der Waals surface area (Å²) in [5.41, 5.74) is 11.3. The van der Waals surface area contributed by atoms with Crippen molar-refractivity contribution >= 4 is 29.0 Å². The maximum Gasteiger partial charge on any atom is 0.305 e. The fourth-order valence-corrected chi connectivity index (χ4v) is 1.74. The van der Waals surface area contributed by atoms with E-state index in [1.165, 1.54) is 18.7 Å². The zero-order valence-electron chi connectivity index (χ0n) is 11.9. The van der Waals surface area contributed by atoms with Gasteiger partial charge < -0.3 is 15.5 Å². The minimum Gasteiger partial charge on any atom is -0.459 e. The van der Waals surface area contributed by atoms with Gasteiger partial charge in [-0.1, -0.05) is 6.07 Å². The van der Waals surface area contributed by atoms with Gasteiger partial charge in [0.05, 0.1) is 6.26 Å². The van der Waals surface area contributed by atoms with E-state index in [0.717, 1.165) is 0 Å². The number of amides is 1. The number of rotatable bonds is 5. The Balaban J connectivity index is 1.71. The van der Waals surface area contributed by atoms with Gasteiger partial charge in [0.25, 0.3) is 0 Å². The molecule has 0 unspecified atom stereocenters. The van der Waals surface area contributed by atoms with Crippen LogP contribution < -0.4 is 21.9 Å². The van der Waals surface area contributed by atoms with Crippen LogP contribution in [0.5, 0.6) is 0 Å². The van der Waals surface area contributed by atoms with Crippen molar-refractivity contribution in [2.45, 2.75) is 0 Å². The average Bonchev–Trinajstić information content (AvgIpc) is 3.11. The third kappa shape index (κ3) is 3.35. The van der Waals surface area contributed by atoms with E-state index in [2.05, 4.69) is 31.1 Å². The van der Waals surface area contributed by atoms with Crippen LogP contribution in [0.25, 0.3) is 0 Å². The lowest BCUT2D eigenvalue weighted by molar-refractivity contribution is 0.0935. The molecule has 0 saturated heterocycles. The van der Waals surface area contributed by atoms with Crippen LogP contribution in [0.2, 0.25) is 0 Å². The van der Waals surface area contributed by atoms with Crippen LogP contribution >= 0.6 is 0 Å². The average molecular weight is 311 g/mol. The number of hydrazine groups is 1. The molecule has 0 bridgehead atoms. The number of aromatic nitrogens is 3. The quantitative estimate of drug-likeness (QED) is 0.522. The number of hydrogen-bond acceptors (Lipinski definition) is 8. The molecule has 0 saturated carbocycles. The standard InChI is InChI=1S/C14H13N7O2/c15-11-12(19-10-5-1-2-6-16-10)17-8-18-13(11)20-21-14(22)9-4-3-7-23-9/h1-8H,15H2,(H,21,22)(H2,16,17,18,19,20). The Bertz CT molecular complexity index is 790. The number of carbonyl (C=O) groups is 1. The van der Waals surface area contributed by atoms with Gasteiger partial charge in [0.1, 0.15) is 17.8 Å². The maximum atomic E-state index is 11.8. The molecule has 9 heteroatoms. The fraction of sp³-hybridized carbons (Fsp3) is 0. The molecule has 0 atom stereocenters. The largest absolute Gasteiger partial charge is 0.459 e. The lowest BCUT2D eigenvalue weighted by atomic mass is 10.4. The van der Waals surface area contributed by atoms with Crippen LogP contribution in [0.1, 0.15) is 10.6 Å². The smallest absolute Gasteiger partial charge is 0.305 e. The SMILES string of the molecule is Nc1c(NNC(=O)c2ccco2)ncnc1Nc1ccccn1. The molecule has 1 amide bonds. The molecule has 9 nitrogen and oxygen atoms in total. The lowest BCUT2D eigenvalue weighted by Gasteiger charge is -2.12. The van der Waals surface area contributed by atoms with Crippen molar-refractivity contribution in [2.75, 3.05) is 16.5 Å².